The summed E-state index contributed by atoms with van der Waals surface area (Å²) < 4.78 is 7.29. The third kappa shape index (κ3) is 5.20. The van der Waals surface area contributed by atoms with E-state index in [-0.39, 0.29) is 24.0 Å². The maximum atomic E-state index is 10.0. The topological polar surface area (TPSA) is 100 Å². The van der Waals surface area contributed by atoms with Gasteiger partial charge in [-0.1, -0.05) is 0 Å². The van der Waals surface area contributed by atoms with E-state index in [1.54, 1.807) is 13.1 Å². The molecular formula is C14H23IN6O2. The first-order valence-corrected chi connectivity index (χ1v) is 7.05. The maximum absolute atomic E-state index is 10.0. The Morgan fingerprint density at radius 2 is 2.09 bits per heavy atom. The average molecular weight is 434 g/mol. The summed E-state index contributed by atoms with van der Waals surface area (Å²) in [6, 6.07) is 3.59. The summed E-state index contributed by atoms with van der Waals surface area (Å²) in [4.78, 5) is 4.11. The molecule has 2 rings (SSSR count). The molecule has 1 unspecified atom stereocenters. The smallest absolute Gasteiger partial charge is 0.191 e. The molecule has 0 aliphatic rings. The normalized spacial score (nSPS) is 12.7. The SMILES string of the molecule is CN=C(NCc1nnc(C)n1C)NCC(O)c1ccc(C)o1.I. The first-order chi connectivity index (χ1) is 10.5. The number of aryl methyl sites for hydroxylation is 2. The summed E-state index contributed by atoms with van der Waals surface area (Å²) in [7, 11) is 3.58. The van der Waals surface area contributed by atoms with E-state index in [0.717, 1.165) is 17.4 Å². The molecule has 0 saturated carbocycles. The summed E-state index contributed by atoms with van der Waals surface area (Å²) in [5.74, 6) is 3.53. The van der Waals surface area contributed by atoms with E-state index in [1.807, 2.05) is 31.5 Å². The summed E-state index contributed by atoms with van der Waals surface area (Å²) >= 11 is 0. The highest BCUT2D eigenvalue weighted by Crippen LogP contribution is 2.14. The molecule has 0 bridgehead atoms. The molecule has 1 atom stereocenters. The Kier molecular flexibility index (Phi) is 7.49. The number of nitrogens with zero attached hydrogens (tertiary/aromatic N) is 4. The highest BCUT2D eigenvalue weighted by Gasteiger charge is 2.12. The lowest BCUT2D eigenvalue weighted by Gasteiger charge is -2.14. The van der Waals surface area contributed by atoms with Gasteiger partial charge >= 0.3 is 0 Å². The Hall–Kier alpha value is -1.62. The van der Waals surface area contributed by atoms with Crippen LogP contribution in [0.4, 0.5) is 0 Å². The number of aromatic nitrogens is 3. The van der Waals surface area contributed by atoms with Gasteiger partial charge in [-0.05, 0) is 26.0 Å². The molecule has 2 aromatic heterocycles. The molecule has 128 valence electrons. The number of hydrogen-bond donors (Lipinski definition) is 3. The molecule has 0 saturated heterocycles. The van der Waals surface area contributed by atoms with Crippen molar-refractivity contribution in [2.75, 3.05) is 13.6 Å². The van der Waals surface area contributed by atoms with Gasteiger partial charge in [-0.25, -0.2) is 0 Å². The minimum absolute atomic E-state index is 0. The van der Waals surface area contributed by atoms with Crippen molar-refractivity contribution in [1.82, 2.24) is 25.4 Å². The minimum Gasteiger partial charge on any atom is -0.464 e. The fourth-order valence-corrected chi connectivity index (χ4v) is 1.91. The summed E-state index contributed by atoms with van der Waals surface area (Å²) in [6.45, 7) is 4.52. The van der Waals surface area contributed by atoms with Crippen LogP contribution in [0, 0.1) is 13.8 Å². The molecule has 0 amide bonds. The number of aliphatic hydroxyl groups is 1. The Morgan fingerprint density at radius 1 is 1.35 bits per heavy atom. The number of halogens is 1. The van der Waals surface area contributed by atoms with Crippen LogP contribution in [0.3, 0.4) is 0 Å². The van der Waals surface area contributed by atoms with E-state index >= 15 is 0 Å². The number of hydrogen-bond acceptors (Lipinski definition) is 5. The Balaban J connectivity index is 0.00000264. The quantitative estimate of drug-likeness (QED) is 0.370. The zero-order chi connectivity index (χ0) is 16.1. The van der Waals surface area contributed by atoms with Crippen molar-refractivity contribution >= 4 is 29.9 Å². The van der Waals surface area contributed by atoms with Crippen molar-refractivity contribution in [2.24, 2.45) is 12.0 Å². The number of rotatable bonds is 5. The van der Waals surface area contributed by atoms with E-state index in [0.29, 0.717) is 24.8 Å². The molecule has 23 heavy (non-hydrogen) atoms. The van der Waals surface area contributed by atoms with E-state index in [9.17, 15) is 5.11 Å². The lowest BCUT2D eigenvalue weighted by molar-refractivity contribution is 0.151. The first-order valence-electron chi connectivity index (χ1n) is 7.05. The third-order valence-corrected chi connectivity index (χ3v) is 3.37. The third-order valence-electron chi connectivity index (χ3n) is 3.37. The second kappa shape index (κ2) is 8.87. The number of nitrogens with one attached hydrogen (secondary N) is 2. The molecule has 0 aliphatic heterocycles. The van der Waals surface area contributed by atoms with Gasteiger partial charge in [-0.2, -0.15) is 0 Å². The summed E-state index contributed by atoms with van der Waals surface area (Å²) in [5, 5.41) is 24.3. The number of guanidine groups is 1. The molecule has 9 heteroatoms. The molecule has 0 aromatic carbocycles. The van der Waals surface area contributed by atoms with Crippen molar-refractivity contribution in [3.05, 3.63) is 35.3 Å². The molecule has 0 radical (unpaired) electrons. The maximum Gasteiger partial charge on any atom is 0.191 e. The fraction of sp³-hybridized carbons (Fsp3) is 0.500. The highest BCUT2D eigenvalue weighted by molar-refractivity contribution is 14.0. The van der Waals surface area contributed by atoms with Gasteiger partial charge in [0, 0.05) is 14.1 Å². The van der Waals surface area contributed by atoms with Gasteiger partial charge in [-0.3, -0.25) is 4.99 Å². The number of aliphatic hydroxyl groups excluding tert-OH is 1. The van der Waals surface area contributed by atoms with Crippen LogP contribution < -0.4 is 10.6 Å². The molecule has 3 N–H and O–H groups in total. The number of aliphatic imine (C=N–C) groups is 1. The van der Waals surface area contributed by atoms with E-state index < -0.39 is 6.10 Å². The predicted molar refractivity (Wildman–Crippen MR) is 97.8 cm³/mol. The van der Waals surface area contributed by atoms with Gasteiger partial charge in [0.25, 0.3) is 0 Å². The second-order valence-electron chi connectivity index (χ2n) is 4.99. The average Bonchev–Trinajstić information content (AvgIpc) is 3.07. The highest BCUT2D eigenvalue weighted by atomic mass is 127. The van der Waals surface area contributed by atoms with Crippen LogP contribution in [-0.4, -0.2) is 39.4 Å². The van der Waals surface area contributed by atoms with Crippen molar-refractivity contribution in [3.8, 4) is 0 Å². The largest absolute Gasteiger partial charge is 0.464 e. The number of furan rings is 1. The van der Waals surface area contributed by atoms with Crippen LogP contribution in [0.25, 0.3) is 0 Å². The standard InChI is InChI=1S/C14H22N6O2.HI/c1-9-5-6-12(22-9)11(21)7-16-14(15-3)17-8-13-19-18-10(2)20(13)4;/h5-6,11,21H,7-8H2,1-4H3,(H2,15,16,17);1H. The van der Waals surface area contributed by atoms with Crippen molar-refractivity contribution in [1.29, 1.82) is 0 Å². The van der Waals surface area contributed by atoms with Crippen LogP contribution >= 0.6 is 24.0 Å². The molecule has 2 aromatic rings. The van der Waals surface area contributed by atoms with Crippen molar-refractivity contribution < 1.29 is 9.52 Å². The van der Waals surface area contributed by atoms with Gasteiger partial charge in [-0.15, -0.1) is 34.2 Å². The zero-order valence-corrected chi connectivity index (χ0v) is 16.0. The van der Waals surface area contributed by atoms with E-state index in [1.165, 1.54) is 0 Å². The lowest BCUT2D eigenvalue weighted by atomic mass is 10.3. The van der Waals surface area contributed by atoms with E-state index in [4.69, 9.17) is 4.42 Å². The Morgan fingerprint density at radius 3 is 2.61 bits per heavy atom. The Bertz CT molecular complexity index is 651. The van der Waals surface area contributed by atoms with Crippen LogP contribution in [0.1, 0.15) is 29.3 Å². The lowest BCUT2D eigenvalue weighted by Crippen LogP contribution is -2.39. The summed E-state index contributed by atoms with van der Waals surface area (Å²) in [5.41, 5.74) is 0. The molecule has 2 heterocycles. The molecular weight excluding hydrogens is 411 g/mol. The van der Waals surface area contributed by atoms with E-state index in [2.05, 4.69) is 25.8 Å². The summed E-state index contributed by atoms with van der Waals surface area (Å²) in [6.07, 6.45) is -0.732. The minimum atomic E-state index is -0.732. The first kappa shape index (κ1) is 19.4. The zero-order valence-electron chi connectivity index (χ0n) is 13.7. The van der Waals surface area contributed by atoms with Crippen LogP contribution in [0.2, 0.25) is 0 Å². The van der Waals surface area contributed by atoms with Crippen molar-refractivity contribution in [3.63, 3.8) is 0 Å². The molecule has 8 nitrogen and oxygen atoms in total. The van der Waals surface area contributed by atoms with Crippen LogP contribution in [-0.2, 0) is 13.6 Å². The van der Waals surface area contributed by atoms with Gasteiger partial charge in [0.1, 0.15) is 23.4 Å². The molecule has 0 spiro atoms. The van der Waals surface area contributed by atoms with Crippen LogP contribution in [0.15, 0.2) is 21.5 Å². The van der Waals surface area contributed by atoms with Gasteiger partial charge in [0.2, 0.25) is 0 Å². The predicted octanol–water partition coefficient (Wildman–Crippen LogP) is 1.04. The van der Waals surface area contributed by atoms with Gasteiger partial charge in [0.05, 0.1) is 13.1 Å². The second-order valence-corrected chi connectivity index (χ2v) is 4.99. The van der Waals surface area contributed by atoms with Crippen molar-refractivity contribution in [2.45, 2.75) is 26.5 Å². The van der Waals surface area contributed by atoms with Crippen LogP contribution in [0.5, 0.6) is 0 Å². The fourth-order valence-electron chi connectivity index (χ4n) is 1.91. The monoisotopic (exact) mass is 434 g/mol. The molecule has 0 aliphatic carbocycles. The van der Waals surface area contributed by atoms with Gasteiger partial charge in [0.15, 0.2) is 11.8 Å². The van der Waals surface area contributed by atoms with Gasteiger partial charge < -0.3 is 24.7 Å². The molecule has 0 fully saturated rings. The Labute approximate surface area is 152 Å².